The number of carboxylic acid groups (broad SMARTS) is 1. The number of carbonyl (C=O) groups is 3. The summed E-state index contributed by atoms with van der Waals surface area (Å²) in [5.74, 6) is -2.80. The highest BCUT2D eigenvalue weighted by Crippen LogP contribution is 2.36. The van der Waals surface area contributed by atoms with E-state index in [-0.39, 0.29) is 39.4 Å². The van der Waals surface area contributed by atoms with E-state index in [1.54, 1.807) is 14.0 Å². The lowest BCUT2D eigenvalue weighted by atomic mass is 10.1. The summed E-state index contributed by atoms with van der Waals surface area (Å²) in [6.07, 6.45) is 0. The molecule has 28 heavy (non-hydrogen) atoms. The van der Waals surface area contributed by atoms with Gasteiger partial charge in [0.2, 0.25) is 0 Å². The average Bonchev–Trinajstić information content (AvgIpc) is 2.64. The van der Waals surface area contributed by atoms with Crippen LogP contribution in [0.4, 0.5) is 5.69 Å². The quantitative estimate of drug-likeness (QED) is 0.656. The highest BCUT2D eigenvalue weighted by molar-refractivity contribution is 6.37. The van der Waals surface area contributed by atoms with Gasteiger partial charge in [-0.05, 0) is 49.7 Å². The number of nitrogens with one attached hydrogen (secondary N) is 1. The Balaban J connectivity index is 2.32. The van der Waals surface area contributed by atoms with Gasteiger partial charge >= 0.3 is 11.9 Å². The van der Waals surface area contributed by atoms with Crippen LogP contribution < -0.4 is 10.1 Å². The van der Waals surface area contributed by atoms with Crippen LogP contribution in [0, 0.1) is 6.92 Å². The van der Waals surface area contributed by atoms with Gasteiger partial charge in [-0.3, -0.25) is 9.59 Å². The average molecular weight is 407 g/mol. The number of phenols is 1. The van der Waals surface area contributed by atoms with Crippen molar-refractivity contribution in [2.45, 2.75) is 13.8 Å². The normalized spacial score (nSPS) is 10.3. The fourth-order valence-electron chi connectivity index (χ4n) is 2.33. The van der Waals surface area contributed by atoms with E-state index >= 15 is 0 Å². The van der Waals surface area contributed by atoms with Gasteiger partial charge in [-0.15, -0.1) is 0 Å². The summed E-state index contributed by atoms with van der Waals surface area (Å²) in [6, 6.07) is 7.08. The van der Waals surface area contributed by atoms with Crippen molar-refractivity contribution in [3.05, 3.63) is 46.5 Å². The fourth-order valence-corrected chi connectivity index (χ4v) is 2.64. The maximum Gasteiger partial charge on any atom is 0.394 e. The highest BCUT2D eigenvalue weighted by atomic mass is 35.5. The van der Waals surface area contributed by atoms with Crippen molar-refractivity contribution in [2.24, 2.45) is 0 Å². The maximum atomic E-state index is 12.3. The van der Waals surface area contributed by atoms with Crippen molar-refractivity contribution in [1.82, 2.24) is 4.90 Å². The number of nitrogens with zero attached hydrogens (tertiary/aromatic N) is 1. The number of amides is 2. The van der Waals surface area contributed by atoms with E-state index in [0.717, 1.165) is 0 Å². The number of carboxylic acids is 1. The summed E-state index contributed by atoms with van der Waals surface area (Å²) >= 11 is 6.21. The van der Waals surface area contributed by atoms with Gasteiger partial charge in [-0.1, -0.05) is 11.6 Å². The number of anilines is 1. The second-order valence-corrected chi connectivity index (χ2v) is 6.37. The van der Waals surface area contributed by atoms with Gasteiger partial charge in [-0.2, -0.15) is 0 Å². The molecule has 0 bridgehead atoms. The lowest BCUT2D eigenvalue weighted by molar-refractivity contribution is -0.147. The molecular weight excluding hydrogens is 388 g/mol. The number of phenolic OH excluding ortho intramolecular Hbond substituents is 1. The minimum atomic E-state index is -1.62. The third-order valence-electron chi connectivity index (χ3n) is 3.92. The molecule has 0 radical (unpaired) electrons. The van der Waals surface area contributed by atoms with E-state index in [9.17, 15) is 19.5 Å². The molecule has 0 aromatic heterocycles. The molecule has 0 spiro atoms. The highest BCUT2D eigenvalue weighted by Gasteiger charge is 2.18. The Morgan fingerprint density at radius 2 is 1.89 bits per heavy atom. The first-order valence-corrected chi connectivity index (χ1v) is 8.62. The zero-order valence-corrected chi connectivity index (χ0v) is 16.2. The van der Waals surface area contributed by atoms with E-state index in [1.807, 2.05) is 6.92 Å². The van der Waals surface area contributed by atoms with Crippen molar-refractivity contribution in [1.29, 1.82) is 0 Å². The summed E-state index contributed by atoms with van der Waals surface area (Å²) in [7, 11) is 1.61. The molecule has 0 aliphatic rings. The molecule has 2 aromatic rings. The van der Waals surface area contributed by atoms with Crippen LogP contribution in [-0.4, -0.2) is 46.5 Å². The zero-order valence-electron chi connectivity index (χ0n) is 15.4. The van der Waals surface area contributed by atoms with Gasteiger partial charge in [0.1, 0.15) is 17.2 Å². The zero-order chi connectivity index (χ0) is 21.0. The molecule has 9 heteroatoms. The van der Waals surface area contributed by atoms with E-state index in [4.69, 9.17) is 21.4 Å². The lowest BCUT2D eigenvalue weighted by Gasteiger charge is -2.17. The molecule has 0 unspecified atom stereocenters. The number of aliphatic carboxylic acids is 1. The topological polar surface area (TPSA) is 116 Å². The number of aromatic hydroxyl groups is 1. The van der Waals surface area contributed by atoms with Crippen LogP contribution in [0.5, 0.6) is 17.2 Å². The predicted molar refractivity (Wildman–Crippen MR) is 103 cm³/mol. The minimum absolute atomic E-state index is 0.0842. The third-order valence-corrected chi connectivity index (χ3v) is 4.20. The molecule has 2 rings (SSSR count). The summed E-state index contributed by atoms with van der Waals surface area (Å²) in [6.45, 7) is 3.94. The molecule has 3 N–H and O–H groups in total. The van der Waals surface area contributed by atoms with Crippen LogP contribution in [0.15, 0.2) is 30.3 Å². The number of aryl methyl sites for hydroxylation is 1. The smallest absolute Gasteiger partial charge is 0.394 e. The van der Waals surface area contributed by atoms with Crippen molar-refractivity contribution in [3.63, 3.8) is 0 Å². The molecule has 0 aliphatic heterocycles. The Labute approximate surface area is 166 Å². The molecule has 0 heterocycles. The minimum Gasteiger partial charge on any atom is -0.507 e. The number of carbonyl (C=O) groups excluding carboxylic acids is 2. The summed E-state index contributed by atoms with van der Waals surface area (Å²) in [5, 5.41) is 21.0. The fraction of sp³-hybridized carbons (Fsp3) is 0.211. The van der Waals surface area contributed by atoms with E-state index in [2.05, 4.69) is 5.32 Å². The summed E-state index contributed by atoms with van der Waals surface area (Å²) < 4.78 is 5.76. The first-order valence-electron chi connectivity index (χ1n) is 8.24. The van der Waals surface area contributed by atoms with Crippen molar-refractivity contribution < 1.29 is 29.3 Å². The number of halogens is 1. The van der Waals surface area contributed by atoms with Crippen LogP contribution in [0.2, 0.25) is 5.02 Å². The number of ether oxygens (including phenoxy) is 1. The second-order valence-electron chi connectivity index (χ2n) is 5.96. The van der Waals surface area contributed by atoms with Crippen molar-refractivity contribution in [3.8, 4) is 17.2 Å². The number of hydrogen-bond acceptors (Lipinski definition) is 5. The SMILES string of the molecule is CCN(C)C(=O)c1cc(Oc2c(C)cc(NC(=O)C(=O)O)cc2Cl)ccc1O. The number of rotatable bonds is 5. The lowest BCUT2D eigenvalue weighted by Crippen LogP contribution is -2.26. The van der Waals surface area contributed by atoms with Gasteiger partial charge in [0, 0.05) is 19.3 Å². The Hall–Kier alpha value is -3.26. The van der Waals surface area contributed by atoms with Gasteiger partial charge in [-0.25, -0.2) is 4.79 Å². The largest absolute Gasteiger partial charge is 0.507 e. The molecule has 0 saturated carbocycles. The standard InChI is InChI=1S/C19H19ClN2O6/c1-4-22(3)18(25)13-9-12(5-6-15(13)23)28-16-10(2)7-11(8-14(16)20)21-17(24)19(26)27/h5-9,23H,4H2,1-3H3,(H,21,24)(H,26,27). The first kappa shape index (κ1) is 21.0. The Kier molecular flexibility index (Phi) is 6.48. The van der Waals surface area contributed by atoms with Gasteiger partial charge < -0.3 is 25.2 Å². The van der Waals surface area contributed by atoms with E-state index in [1.165, 1.54) is 35.2 Å². The van der Waals surface area contributed by atoms with E-state index < -0.39 is 11.9 Å². The third kappa shape index (κ3) is 4.72. The Bertz CT molecular complexity index is 921. The Morgan fingerprint density at radius 3 is 2.46 bits per heavy atom. The molecule has 0 saturated heterocycles. The van der Waals surface area contributed by atoms with Crippen molar-refractivity contribution >= 4 is 35.1 Å². The van der Waals surface area contributed by atoms with E-state index in [0.29, 0.717) is 12.1 Å². The molecule has 0 fully saturated rings. The second kappa shape index (κ2) is 8.62. The summed E-state index contributed by atoms with van der Waals surface area (Å²) in [4.78, 5) is 35.7. The monoisotopic (exact) mass is 406 g/mol. The Morgan fingerprint density at radius 1 is 1.21 bits per heavy atom. The molecular formula is C19H19ClN2O6. The van der Waals surface area contributed by atoms with Crippen LogP contribution in [0.1, 0.15) is 22.8 Å². The van der Waals surface area contributed by atoms with Gasteiger partial charge in [0.25, 0.3) is 5.91 Å². The number of hydrogen-bond donors (Lipinski definition) is 3. The molecule has 0 atom stereocenters. The van der Waals surface area contributed by atoms with Crippen LogP contribution >= 0.6 is 11.6 Å². The van der Waals surface area contributed by atoms with Crippen LogP contribution in [0.3, 0.4) is 0 Å². The molecule has 2 amide bonds. The maximum absolute atomic E-state index is 12.3. The summed E-state index contributed by atoms with van der Waals surface area (Å²) in [5.41, 5.74) is 0.814. The van der Waals surface area contributed by atoms with Crippen LogP contribution in [-0.2, 0) is 9.59 Å². The molecule has 8 nitrogen and oxygen atoms in total. The molecule has 0 aliphatic carbocycles. The number of benzene rings is 2. The molecule has 148 valence electrons. The van der Waals surface area contributed by atoms with Gasteiger partial charge in [0.15, 0.2) is 0 Å². The predicted octanol–water partition coefficient (Wildman–Crippen LogP) is 3.26. The van der Waals surface area contributed by atoms with Crippen molar-refractivity contribution in [2.75, 3.05) is 18.9 Å². The van der Waals surface area contributed by atoms with Crippen LogP contribution in [0.25, 0.3) is 0 Å². The first-order chi connectivity index (χ1) is 13.1. The van der Waals surface area contributed by atoms with Gasteiger partial charge in [0.05, 0.1) is 10.6 Å². The molecule has 2 aromatic carbocycles.